The van der Waals surface area contributed by atoms with Crippen LogP contribution in [0.25, 0.3) is 0 Å². The summed E-state index contributed by atoms with van der Waals surface area (Å²) in [4.78, 5) is 4.96. The Labute approximate surface area is 168 Å². The fourth-order valence-electron chi connectivity index (χ4n) is 3.88. The molecule has 152 valence electrons. The van der Waals surface area contributed by atoms with Crippen LogP contribution < -0.4 is 9.47 Å². The number of nitrogens with zero attached hydrogens (tertiary/aromatic N) is 2. The topological polar surface area (TPSA) is 45.2 Å². The van der Waals surface area contributed by atoms with Gasteiger partial charge in [0.1, 0.15) is 11.5 Å². The van der Waals surface area contributed by atoms with Gasteiger partial charge in [-0.2, -0.15) is 0 Å². The quantitative estimate of drug-likeness (QED) is 0.758. The van der Waals surface area contributed by atoms with E-state index >= 15 is 0 Å². The van der Waals surface area contributed by atoms with Crippen LogP contribution in [0.2, 0.25) is 0 Å². The minimum atomic E-state index is 0.217. The van der Waals surface area contributed by atoms with Crippen LogP contribution in [0.4, 0.5) is 0 Å². The molecule has 0 aliphatic carbocycles. The first kappa shape index (κ1) is 20.6. The highest BCUT2D eigenvalue weighted by atomic mass is 16.5. The predicted molar refractivity (Wildman–Crippen MR) is 112 cm³/mol. The summed E-state index contributed by atoms with van der Waals surface area (Å²) in [7, 11) is 3.37. The van der Waals surface area contributed by atoms with E-state index in [4.69, 9.17) is 9.47 Å². The Kier molecular flexibility index (Phi) is 7.31. The van der Waals surface area contributed by atoms with E-state index in [1.54, 1.807) is 14.2 Å². The molecular weight excluding hydrogens is 352 g/mol. The Morgan fingerprint density at radius 1 is 1.00 bits per heavy atom. The van der Waals surface area contributed by atoms with E-state index in [1.807, 2.05) is 12.1 Å². The van der Waals surface area contributed by atoms with E-state index in [9.17, 15) is 5.11 Å². The highest BCUT2D eigenvalue weighted by Crippen LogP contribution is 2.27. The molecule has 5 nitrogen and oxygen atoms in total. The second kappa shape index (κ2) is 9.92. The molecule has 3 rings (SSSR count). The molecule has 0 amide bonds. The zero-order valence-electron chi connectivity index (χ0n) is 17.2. The van der Waals surface area contributed by atoms with E-state index in [2.05, 4.69) is 47.1 Å². The van der Waals surface area contributed by atoms with Gasteiger partial charge in [0.05, 0.1) is 14.2 Å². The molecule has 1 fully saturated rings. The molecule has 0 bridgehead atoms. The van der Waals surface area contributed by atoms with Gasteiger partial charge < -0.3 is 14.6 Å². The molecule has 1 unspecified atom stereocenters. The van der Waals surface area contributed by atoms with Gasteiger partial charge in [-0.05, 0) is 25.0 Å². The number of hydrogen-bond acceptors (Lipinski definition) is 5. The summed E-state index contributed by atoms with van der Waals surface area (Å²) in [6.07, 6.45) is 0.794. The minimum Gasteiger partial charge on any atom is -0.497 e. The summed E-state index contributed by atoms with van der Waals surface area (Å²) >= 11 is 0. The Bertz CT molecular complexity index is 748. The standard InChI is InChI=1S/C23H32N2O3/c1-18-4-6-19(7-5-18)15-25-12-11-24(17-21(25)10-13-26)16-20-8-9-22(27-2)14-23(20)28-3/h4-9,14,21,26H,10-13,15-17H2,1-3H3. The van der Waals surface area contributed by atoms with Crippen LogP contribution in [0.1, 0.15) is 23.1 Å². The molecule has 0 aromatic heterocycles. The van der Waals surface area contributed by atoms with Crippen molar-refractivity contribution < 1.29 is 14.6 Å². The fourth-order valence-corrected chi connectivity index (χ4v) is 3.88. The largest absolute Gasteiger partial charge is 0.497 e. The average Bonchev–Trinajstić information content (AvgIpc) is 2.72. The third-order valence-electron chi connectivity index (χ3n) is 5.55. The van der Waals surface area contributed by atoms with E-state index in [1.165, 1.54) is 11.1 Å². The first-order chi connectivity index (χ1) is 13.6. The van der Waals surface area contributed by atoms with Crippen LogP contribution in [-0.2, 0) is 13.1 Å². The third-order valence-corrected chi connectivity index (χ3v) is 5.55. The van der Waals surface area contributed by atoms with Crippen LogP contribution in [0.5, 0.6) is 11.5 Å². The molecule has 0 saturated carbocycles. The molecule has 1 atom stereocenters. The van der Waals surface area contributed by atoms with Crippen LogP contribution in [0.3, 0.4) is 0 Å². The van der Waals surface area contributed by atoms with Crippen molar-refractivity contribution in [3.05, 3.63) is 59.2 Å². The van der Waals surface area contributed by atoms with Gasteiger partial charge in [-0.15, -0.1) is 0 Å². The van der Waals surface area contributed by atoms with Crippen molar-refractivity contribution in [2.24, 2.45) is 0 Å². The Balaban J connectivity index is 1.65. The number of rotatable bonds is 8. The first-order valence-corrected chi connectivity index (χ1v) is 9.96. The summed E-state index contributed by atoms with van der Waals surface area (Å²) < 4.78 is 10.9. The van der Waals surface area contributed by atoms with Gasteiger partial charge in [-0.3, -0.25) is 9.80 Å². The number of benzene rings is 2. The zero-order valence-corrected chi connectivity index (χ0v) is 17.2. The van der Waals surface area contributed by atoms with Gasteiger partial charge in [0.15, 0.2) is 0 Å². The Morgan fingerprint density at radius 2 is 1.79 bits per heavy atom. The SMILES string of the molecule is COc1ccc(CN2CCN(Cc3ccc(C)cc3)C(CCO)C2)c(OC)c1. The highest BCUT2D eigenvalue weighted by Gasteiger charge is 2.27. The molecule has 5 heteroatoms. The predicted octanol–water partition coefficient (Wildman–Crippen LogP) is 3.08. The maximum Gasteiger partial charge on any atom is 0.127 e. The van der Waals surface area contributed by atoms with Gasteiger partial charge in [0.25, 0.3) is 0 Å². The average molecular weight is 385 g/mol. The summed E-state index contributed by atoms with van der Waals surface area (Å²) in [6.45, 7) is 7.05. The molecule has 1 saturated heterocycles. The molecule has 2 aromatic carbocycles. The van der Waals surface area contributed by atoms with Crippen molar-refractivity contribution in [2.45, 2.75) is 32.5 Å². The number of aliphatic hydroxyl groups excluding tert-OH is 1. The van der Waals surface area contributed by atoms with Crippen LogP contribution in [0.15, 0.2) is 42.5 Å². The second-order valence-corrected chi connectivity index (χ2v) is 7.54. The van der Waals surface area contributed by atoms with Gasteiger partial charge in [-0.25, -0.2) is 0 Å². The molecule has 1 aliphatic rings. The van der Waals surface area contributed by atoms with E-state index in [-0.39, 0.29) is 6.61 Å². The van der Waals surface area contributed by atoms with Gasteiger partial charge in [-0.1, -0.05) is 35.9 Å². The smallest absolute Gasteiger partial charge is 0.127 e. The fraction of sp³-hybridized carbons (Fsp3) is 0.478. The van der Waals surface area contributed by atoms with Gasteiger partial charge in [0, 0.05) is 57.0 Å². The molecule has 28 heavy (non-hydrogen) atoms. The number of piperazine rings is 1. The van der Waals surface area contributed by atoms with Crippen LogP contribution >= 0.6 is 0 Å². The van der Waals surface area contributed by atoms with Gasteiger partial charge in [0.2, 0.25) is 0 Å². The molecule has 1 N–H and O–H groups in total. The lowest BCUT2D eigenvalue weighted by molar-refractivity contribution is 0.0496. The Hall–Kier alpha value is -2.08. The molecule has 1 aliphatic heterocycles. The van der Waals surface area contributed by atoms with E-state index < -0.39 is 0 Å². The molecule has 2 aromatic rings. The number of ether oxygens (including phenoxy) is 2. The van der Waals surface area contributed by atoms with Crippen molar-refractivity contribution in [1.82, 2.24) is 9.80 Å². The summed E-state index contributed by atoms with van der Waals surface area (Å²) in [5.41, 5.74) is 3.78. The van der Waals surface area contributed by atoms with Crippen LogP contribution in [-0.4, -0.2) is 61.4 Å². The van der Waals surface area contributed by atoms with Crippen LogP contribution in [0, 0.1) is 6.92 Å². The maximum atomic E-state index is 9.58. The van der Waals surface area contributed by atoms with Crippen molar-refractivity contribution >= 4 is 0 Å². The van der Waals surface area contributed by atoms with Crippen molar-refractivity contribution in [2.75, 3.05) is 40.5 Å². The zero-order chi connectivity index (χ0) is 19.9. The van der Waals surface area contributed by atoms with Crippen molar-refractivity contribution in [3.63, 3.8) is 0 Å². The monoisotopic (exact) mass is 384 g/mol. The number of aliphatic hydroxyl groups is 1. The van der Waals surface area contributed by atoms with E-state index in [0.29, 0.717) is 6.04 Å². The Morgan fingerprint density at radius 3 is 2.46 bits per heavy atom. The summed E-state index contributed by atoms with van der Waals surface area (Å²) in [5.74, 6) is 1.67. The van der Waals surface area contributed by atoms with Gasteiger partial charge >= 0.3 is 0 Å². The lowest BCUT2D eigenvalue weighted by Gasteiger charge is -2.41. The normalized spacial score (nSPS) is 18.2. The van der Waals surface area contributed by atoms with Crippen molar-refractivity contribution in [3.8, 4) is 11.5 Å². The lowest BCUT2D eigenvalue weighted by atomic mass is 10.1. The molecule has 0 radical (unpaired) electrons. The third kappa shape index (κ3) is 5.25. The second-order valence-electron chi connectivity index (χ2n) is 7.54. The molecule has 1 heterocycles. The lowest BCUT2D eigenvalue weighted by Crippen LogP contribution is -2.52. The molecular formula is C23H32N2O3. The summed E-state index contributed by atoms with van der Waals surface area (Å²) in [5, 5.41) is 9.58. The summed E-state index contributed by atoms with van der Waals surface area (Å²) in [6, 6.07) is 15.1. The number of aryl methyl sites for hydroxylation is 1. The number of methoxy groups -OCH3 is 2. The minimum absolute atomic E-state index is 0.217. The van der Waals surface area contributed by atoms with E-state index in [0.717, 1.165) is 56.2 Å². The van der Waals surface area contributed by atoms with Crippen molar-refractivity contribution in [1.29, 1.82) is 0 Å². The molecule has 0 spiro atoms. The number of hydrogen-bond donors (Lipinski definition) is 1. The first-order valence-electron chi connectivity index (χ1n) is 9.96. The maximum absolute atomic E-state index is 9.58. The highest BCUT2D eigenvalue weighted by molar-refractivity contribution is 5.40.